The van der Waals surface area contributed by atoms with Crippen LogP contribution in [0.2, 0.25) is 0 Å². The fraction of sp³-hybridized carbons (Fsp3) is 0.914. The van der Waals surface area contributed by atoms with Crippen molar-refractivity contribution in [2.45, 2.75) is 204 Å². The van der Waals surface area contributed by atoms with E-state index in [0.29, 0.717) is 24.8 Å². The van der Waals surface area contributed by atoms with Crippen molar-refractivity contribution in [3.63, 3.8) is 0 Å². The number of esters is 1. The van der Waals surface area contributed by atoms with E-state index in [1.165, 1.54) is 57.8 Å². The van der Waals surface area contributed by atoms with Crippen LogP contribution in [-0.4, -0.2) is 69.1 Å². The third-order valence-electron chi connectivity index (χ3n) is 9.11. The highest BCUT2D eigenvalue weighted by atomic mass is 16.5. The molecule has 42 heavy (non-hydrogen) atoms. The van der Waals surface area contributed by atoms with E-state index in [1.54, 1.807) is 6.08 Å². The Morgan fingerprint density at radius 3 is 1.62 bits per heavy atom. The lowest BCUT2D eigenvalue weighted by Crippen LogP contribution is -2.31. The monoisotopic (exact) mass is 596 g/mol. The molecule has 1 saturated heterocycles. The van der Waals surface area contributed by atoms with Crippen molar-refractivity contribution in [2.24, 2.45) is 0 Å². The molecule has 2 aliphatic heterocycles. The Kier molecular flexibility index (Phi) is 19.9. The summed E-state index contributed by atoms with van der Waals surface area (Å²) >= 11 is 0. The van der Waals surface area contributed by atoms with Gasteiger partial charge in [-0.3, -0.25) is 0 Å². The van der Waals surface area contributed by atoms with E-state index in [-0.39, 0.29) is 30.4 Å². The van der Waals surface area contributed by atoms with E-state index in [0.717, 1.165) is 70.6 Å². The number of cyclic esters (lactones) is 1. The van der Waals surface area contributed by atoms with Crippen molar-refractivity contribution >= 4 is 5.97 Å². The van der Waals surface area contributed by atoms with Crippen LogP contribution in [0.4, 0.5) is 0 Å². The number of carbonyl (C=O) groups excluding carboxylic acids is 1. The van der Waals surface area contributed by atoms with Crippen molar-refractivity contribution in [2.75, 3.05) is 0 Å². The molecule has 246 valence electrons. The lowest BCUT2D eigenvalue weighted by atomic mass is 9.99. The predicted octanol–water partition coefficient (Wildman–Crippen LogP) is 7.06. The molecule has 7 atom stereocenters. The number of aliphatic hydroxyl groups excluding tert-OH is 4. The largest absolute Gasteiger partial charge is 0.455 e. The summed E-state index contributed by atoms with van der Waals surface area (Å²) in [6.07, 6.45) is 22.4. The van der Waals surface area contributed by atoms with Crippen molar-refractivity contribution < 1.29 is 34.7 Å². The number of ether oxygens (including phenoxy) is 2. The third kappa shape index (κ3) is 16.2. The fourth-order valence-corrected chi connectivity index (χ4v) is 6.42. The van der Waals surface area contributed by atoms with E-state index in [2.05, 4.69) is 6.92 Å². The van der Waals surface area contributed by atoms with Crippen molar-refractivity contribution in [3.8, 4) is 0 Å². The quantitative estimate of drug-likeness (QED) is 0.0624. The Bertz CT molecular complexity index is 726. The summed E-state index contributed by atoms with van der Waals surface area (Å²) in [6.45, 7) is 4.07. The number of hydrogen-bond acceptors (Lipinski definition) is 7. The Morgan fingerprint density at radius 2 is 1.10 bits per heavy atom. The molecule has 0 aliphatic carbocycles. The molecule has 0 aromatic rings. The van der Waals surface area contributed by atoms with Gasteiger partial charge in [-0.05, 0) is 57.9 Å². The topological polar surface area (TPSA) is 116 Å². The summed E-state index contributed by atoms with van der Waals surface area (Å²) in [6, 6.07) is 0. The maximum atomic E-state index is 11.6. The maximum Gasteiger partial charge on any atom is 0.334 e. The van der Waals surface area contributed by atoms with Crippen LogP contribution in [0, 0.1) is 0 Å². The molecule has 7 heteroatoms. The molecule has 2 aliphatic rings. The van der Waals surface area contributed by atoms with Gasteiger partial charge in [0.2, 0.25) is 0 Å². The first-order valence-electron chi connectivity index (χ1n) is 17.6. The van der Waals surface area contributed by atoms with Crippen LogP contribution in [-0.2, 0) is 14.3 Å². The lowest BCUT2D eigenvalue weighted by molar-refractivity contribution is -0.139. The second kappa shape index (κ2) is 22.5. The summed E-state index contributed by atoms with van der Waals surface area (Å²) in [5.41, 5.74) is 0.576. The SMILES string of the molecule is CCCCCCCCCCCC[C@@H](O)[C@@H]1CC[C@H]([C@@H](O)CCCCC(O)CCCCC[C@@H](O)CC2=C[C@H](C)OC2=O)O1. The van der Waals surface area contributed by atoms with Crippen LogP contribution < -0.4 is 0 Å². The zero-order chi connectivity index (χ0) is 30.6. The highest BCUT2D eigenvalue weighted by molar-refractivity contribution is 5.90. The van der Waals surface area contributed by atoms with Gasteiger partial charge in [0.1, 0.15) is 6.10 Å². The molecule has 1 fully saturated rings. The Labute approximate surface area is 256 Å². The maximum absolute atomic E-state index is 11.6. The lowest BCUT2D eigenvalue weighted by Gasteiger charge is -2.22. The highest BCUT2D eigenvalue weighted by Gasteiger charge is 2.34. The normalized spacial score (nSPS) is 23.5. The van der Waals surface area contributed by atoms with Gasteiger partial charge >= 0.3 is 5.97 Å². The van der Waals surface area contributed by atoms with Gasteiger partial charge in [0.25, 0.3) is 0 Å². The van der Waals surface area contributed by atoms with Gasteiger partial charge in [0.05, 0.1) is 36.6 Å². The van der Waals surface area contributed by atoms with Crippen molar-refractivity contribution in [1.29, 1.82) is 0 Å². The van der Waals surface area contributed by atoms with Gasteiger partial charge < -0.3 is 29.9 Å². The summed E-state index contributed by atoms with van der Waals surface area (Å²) in [5, 5.41) is 41.7. The predicted molar refractivity (Wildman–Crippen MR) is 168 cm³/mol. The molecule has 2 heterocycles. The van der Waals surface area contributed by atoms with Gasteiger partial charge in [-0.15, -0.1) is 0 Å². The van der Waals surface area contributed by atoms with Gasteiger partial charge in [0, 0.05) is 12.0 Å². The van der Waals surface area contributed by atoms with Gasteiger partial charge in [-0.2, -0.15) is 0 Å². The number of hydrogen-bond donors (Lipinski definition) is 4. The molecule has 0 radical (unpaired) electrons. The van der Waals surface area contributed by atoms with Crippen LogP contribution in [0.1, 0.15) is 162 Å². The van der Waals surface area contributed by atoms with E-state index < -0.39 is 18.3 Å². The van der Waals surface area contributed by atoms with Crippen molar-refractivity contribution in [3.05, 3.63) is 11.6 Å². The molecule has 2 rings (SSSR count). The standard InChI is InChI=1S/C35H64O7/c1-3-4-5-6-7-8-9-10-11-15-21-31(38)33-23-24-34(42-33)32(39)22-17-16-19-29(36)18-13-12-14-20-30(37)26-28-25-27(2)41-35(28)40/h25,27,29-34,36-39H,3-24,26H2,1-2H3/t27-,29?,30+,31+,32-,33-,34+/m0/s1. The molecule has 7 nitrogen and oxygen atoms in total. The Hall–Kier alpha value is -0.990. The zero-order valence-electron chi connectivity index (χ0n) is 26.9. The molecular formula is C35H64O7. The third-order valence-corrected chi connectivity index (χ3v) is 9.11. The van der Waals surface area contributed by atoms with Gasteiger partial charge in [-0.25, -0.2) is 4.79 Å². The smallest absolute Gasteiger partial charge is 0.334 e. The summed E-state index contributed by atoms with van der Waals surface area (Å²) < 4.78 is 11.1. The molecule has 0 bridgehead atoms. The average Bonchev–Trinajstić information content (AvgIpc) is 3.58. The molecule has 4 N–H and O–H groups in total. The number of aliphatic hydroxyl groups is 4. The van der Waals surface area contributed by atoms with Crippen LogP contribution in [0.15, 0.2) is 11.6 Å². The molecule has 0 spiro atoms. The molecule has 0 aromatic carbocycles. The van der Waals surface area contributed by atoms with Gasteiger partial charge in [0.15, 0.2) is 0 Å². The van der Waals surface area contributed by atoms with E-state index >= 15 is 0 Å². The molecule has 1 unspecified atom stereocenters. The second-order valence-electron chi connectivity index (χ2n) is 13.1. The van der Waals surface area contributed by atoms with Crippen molar-refractivity contribution in [1.82, 2.24) is 0 Å². The van der Waals surface area contributed by atoms with E-state index in [9.17, 15) is 25.2 Å². The minimum atomic E-state index is -0.530. The minimum Gasteiger partial charge on any atom is -0.455 e. The van der Waals surface area contributed by atoms with E-state index in [1.807, 2.05) is 6.92 Å². The number of unbranched alkanes of at least 4 members (excludes halogenated alkanes) is 12. The van der Waals surface area contributed by atoms with E-state index in [4.69, 9.17) is 9.47 Å². The van der Waals surface area contributed by atoms with Crippen LogP contribution in [0.3, 0.4) is 0 Å². The van der Waals surface area contributed by atoms with Crippen LogP contribution in [0.25, 0.3) is 0 Å². The average molecular weight is 597 g/mol. The first-order chi connectivity index (χ1) is 20.3. The molecular weight excluding hydrogens is 532 g/mol. The first kappa shape index (κ1) is 37.2. The summed E-state index contributed by atoms with van der Waals surface area (Å²) in [4.78, 5) is 11.6. The number of carbonyl (C=O) groups is 1. The summed E-state index contributed by atoms with van der Waals surface area (Å²) in [7, 11) is 0. The number of rotatable bonds is 26. The Balaban J connectivity index is 1.41. The Morgan fingerprint density at radius 1 is 0.667 bits per heavy atom. The van der Waals surface area contributed by atoms with Crippen LogP contribution in [0.5, 0.6) is 0 Å². The highest BCUT2D eigenvalue weighted by Crippen LogP contribution is 2.28. The fourth-order valence-electron chi connectivity index (χ4n) is 6.42. The van der Waals surface area contributed by atoms with Crippen LogP contribution >= 0.6 is 0 Å². The molecule has 0 aromatic heterocycles. The minimum absolute atomic E-state index is 0.147. The zero-order valence-corrected chi connectivity index (χ0v) is 26.9. The second-order valence-corrected chi connectivity index (χ2v) is 13.1. The first-order valence-corrected chi connectivity index (χ1v) is 17.6. The summed E-state index contributed by atoms with van der Waals surface area (Å²) in [5.74, 6) is -0.314. The molecule has 0 saturated carbocycles. The molecule has 0 amide bonds. The van der Waals surface area contributed by atoms with Gasteiger partial charge in [-0.1, -0.05) is 103 Å².